The summed E-state index contributed by atoms with van der Waals surface area (Å²) in [6.45, 7) is 2.41. The molecular formula is C16H21NO. The van der Waals surface area contributed by atoms with E-state index < -0.39 is 0 Å². The van der Waals surface area contributed by atoms with Crippen LogP contribution in [0.3, 0.4) is 0 Å². The Morgan fingerprint density at radius 1 is 1.11 bits per heavy atom. The van der Waals surface area contributed by atoms with Crippen molar-refractivity contribution in [3.63, 3.8) is 0 Å². The van der Waals surface area contributed by atoms with Gasteiger partial charge in [-0.1, -0.05) is 12.2 Å². The van der Waals surface area contributed by atoms with Gasteiger partial charge in [0.25, 0.3) is 0 Å². The lowest BCUT2D eigenvalue weighted by Gasteiger charge is -2.30. The van der Waals surface area contributed by atoms with Crippen LogP contribution in [0.1, 0.15) is 25.7 Å². The van der Waals surface area contributed by atoms with Gasteiger partial charge in [0, 0.05) is 18.8 Å². The van der Waals surface area contributed by atoms with Crippen molar-refractivity contribution in [1.29, 1.82) is 0 Å². The Morgan fingerprint density at radius 2 is 1.94 bits per heavy atom. The van der Waals surface area contributed by atoms with E-state index >= 15 is 0 Å². The fourth-order valence-electron chi connectivity index (χ4n) is 3.26. The zero-order valence-corrected chi connectivity index (χ0v) is 11.1. The standard InChI is InChI=1S/C16H21NO/c1-18-15-7-5-14(6-8-15)17-12-11-16(13-17)9-3-2-4-10-16/h2-3,5-8H,4,9-13H2,1H3. The minimum atomic E-state index is 0.550. The molecule has 96 valence electrons. The second-order valence-corrected chi connectivity index (χ2v) is 5.58. The molecule has 1 heterocycles. The van der Waals surface area contributed by atoms with Gasteiger partial charge in [0.2, 0.25) is 0 Å². The van der Waals surface area contributed by atoms with E-state index in [0.29, 0.717) is 5.41 Å². The van der Waals surface area contributed by atoms with Crippen LogP contribution >= 0.6 is 0 Å². The Morgan fingerprint density at radius 3 is 2.61 bits per heavy atom. The first-order valence-corrected chi connectivity index (χ1v) is 6.85. The highest BCUT2D eigenvalue weighted by molar-refractivity contribution is 5.50. The van der Waals surface area contributed by atoms with Gasteiger partial charge in [0.05, 0.1) is 7.11 Å². The van der Waals surface area contributed by atoms with Crippen molar-refractivity contribution in [2.45, 2.75) is 25.7 Å². The van der Waals surface area contributed by atoms with Gasteiger partial charge in [-0.05, 0) is 55.4 Å². The first-order chi connectivity index (χ1) is 8.81. The van der Waals surface area contributed by atoms with Gasteiger partial charge in [-0.3, -0.25) is 0 Å². The summed E-state index contributed by atoms with van der Waals surface area (Å²) in [6, 6.07) is 8.47. The number of anilines is 1. The Bertz CT molecular complexity index is 437. The fraction of sp³-hybridized carbons (Fsp3) is 0.500. The van der Waals surface area contributed by atoms with Crippen LogP contribution in [0.25, 0.3) is 0 Å². The molecule has 1 atom stereocenters. The zero-order chi connectivity index (χ0) is 12.4. The monoisotopic (exact) mass is 243 g/mol. The van der Waals surface area contributed by atoms with Crippen molar-refractivity contribution < 1.29 is 4.74 Å². The number of nitrogens with zero attached hydrogens (tertiary/aromatic N) is 1. The molecule has 0 N–H and O–H groups in total. The van der Waals surface area contributed by atoms with Crippen LogP contribution in [-0.2, 0) is 0 Å². The summed E-state index contributed by atoms with van der Waals surface area (Å²) in [6.07, 6.45) is 9.93. The summed E-state index contributed by atoms with van der Waals surface area (Å²) in [5.41, 5.74) is 1.89. The first kappa shape index (κ1) is 11.6. The Kier molecular flexibility index (Phi) is 3.02. The molecule has 2 heteroatoms. The number of rotatable bonds is 2. The van der Waals surface area contributed by atoms with Crippen LogP contribution in [0.2, 0.25) is 0 Å². The van der Waals surface area contributed by atoms with Crippen LogP contribution in [0.15, 0.2) is 36.4 Å². The van der Waals surface area contributed by atoms with E-state index in [1.807, 2.05) is 0 Å². The minimum absolute atomic E-state index is 0.550. The highest BCUT2D eigenvalue weighted by atomic mass is 16.5. The molecule has 1 fully saturated rings. The summed E-state index contributed by atoms with van der Waals surface area (Å²) in [5, 5.41) is 0. The van der Waals surface area contributed by atoms with E-state index in [-0.39, 0.29) is 0 Å². The molecule has 1 aromatic rings. The largest absolute Gasteiger partial charge is 0.497 e. The third-order valence-electron chi connectivity index (χ3n) is 4.43. The molecule has 0 amide bonds. The van der Waals surface area contributed by atoms with E-state index in [9.17, 15) is 0 Å². The molecule has 1 aliphatic heterocycles. The lowest BCUT2D eigenvalue weighted by atomic mass is 9.76. The number of ether oxygens (including phenoxy) is 1. The summed E-state index contributed by atoms with van der Waals surface area (Å²) in [5.74, 6) is 0.938. The van der Waals surface area contributed by atoms with Gasteiger partial charge in [0.15, 0.2) is 0 Å². The molecular weight excluding hydrogens is 222 g/mol. The Labute approximate surface area is 109 Å². The molecule has 0 saturated carbocycles. The van der Waals surface area contributed by atoms with Crippen LogP contribution in [0, 0.1) is 5.41 Å². The predicted molar refractivity (Wildman–Crippen MR) is 75.2 cm³/mol. The lowest BCUT2D eigenvalue weighted by Crippen LogP contribution is -2.27. The number of methoxy groups -OCH3 is 1. The number of hydrogen-bond donors (Lipinski definition) is 0. The first-order valence-electron chi connectivity index (χ1n) is 6.85. The van der Waals surface area contributed by atoms with Crippen molar-refractivity contribution in [2.75, 3.05) is 25.1 Å². The quantitative estimate of drug-likeness (QED) is 0.735. The highest BCUT2D eigenvalue weighted by Crippen LogP contribution is 2.42. The maximum atomic E-state index is 5.21. The molecule has 1 saturated heterocycles. The van der Waals surface area contributed by atoms with E-state index in [2.05, 4.69) is 41.3 Å². The van der Waals surface area contributed by atoms with E-state index in [4.69, 9.17) is 4.74 Å². The second kappa shape index (κ2) is 4.68. The van der Waals surface area contributed by atoms with E-state index in [1.165, 1.54) is 44.5 Å². The Hall–Kier alpha value is -1.44. The zero-order valence-electron chi connectivity index (χ0n) is 11.1. The third-order valence-corrected chi connectivity index (χ3v) is 4.43. The molecule has 1 aromatic carbocycles. The molecule has 3 rings (SSSR count). The molecule has 2 aliphatic rings. The van der Waals surface area contributed by atoms with Crippen LogP contribution in [-0.4, -0.2) is 20.2 Å². The maximum Gasteiger partial charge on any atom is 0.119 e. The summed E-state index contributed by atoms with van der Waals surface area (Å²) >= 11 is 0. The molecule has 1 spiro atoms. The average molecular weight is 243 g/mol. The maximum absolute atomic E-state index is 5.21. The second-order valence-electron chi connectivity index (χ2n) is 5.58. The van der Waals surface area contributed by atoms with Crippen molar-refractivity contribution in [2.24, 2.45) is 5.41 Å². The van der Waals surface area contributed by atoms with Gasteiger partial charge in [-0.15, -0.1) is 0 Å². The third kappa shape index (κ3) is 2.12. The van der Waals surface area contributed by atoms with E-state index in [1.54, 1.807) is 7.11 Å². The van der Waals surface area contributed by atoms with Crippen molar-refractivity contribution in [1.82, 2.24) is 0 Å². The van der Waals surface area contributed by atoms with Crippen LogP contribution < -0.4 is 9.64 Å². The van der Waals surface area contributed by atoms with Gasteiger partial charge in [-0.25, -0.2) is 0 Å². The summed E-state index contributed by atoms with van der Waals surface area (Å²) < 4.78 is 5.21. The van der Waals surface area contributed by atoms with E-state index in [0.717, 1.165) is 5.75 Å². The molecule has 1 aliphatic carbocycles. The Balaban J connectivity index is 1.72. The van der Waals surface area contributed by atoms with Gasteiger partial charge in [0.1, 0.15) is 5.75 Å². The SMILES string of the molecule is COc1ccc(N2CCC3(CC=CCC3)C2)cc1. The number of allylic oxidation sites excluding steroid dienone is 2. The normalized spacial score (nSPS) is 26.8. The smallest absolute Gasteiger partial charge is 0.119 e. The van der Waals surface area contributed by atoms with Crippen molar-refractivity contribution >= 4 is 5.69 Å². The molecule has 18 heavy (non-hydrogen) atoms. The molecule has 0 aromatic heterocycles. The molecule has 0 bridgehead atoms. The number of hydrogen-bond acceptors (Lipinski definition) is 2. The topological polar surface area (TPSA) is 12.5 Å². The highest BCUT2D eigenvalue weighted by Gasteiger charge is 2.37. The molecule has 2 nitrogen and oxygen atoms in total. The molecule has 1 unspecified atom stereocenters. The summed E-state index contributed by atoms with van der Waals surface area (Å²) in [7, 11) is 1.72. The number of benzene rings is 1. The van der Waals surface area contributed by atoms with Gasteiger partial charge in [-0.2, -0.15) is 0 Å². The average Bonchev–Trinajstić information content (AvgIpc) is 2.83. The van der Waals surface area contributed by atoms with Gasteiger partial charge >= 0.3 is 0 Å². The summed E-state index contributed by atoms with van der Waals surface area (Å²) in [4.78, 5) is 2.53. The van der Waals surface area contributed by atoms with Crippen molar-refractivity contribution in [3.8, 4) is 5.75 Å². The van der Waals surface area contributed by atoms with Crippen LogP contribution in [0.5, 0.6) is 5.75 Å². The minimum Gasteiger partial charge on any atom is -0.497 e. The lowest BCUT2D eigenvalue weighted by molar-refractivity contribution is 0.295. The van der Waals surface area contributed by atoms with Crippen molar-refractivity contribution in [3.05, 3.63) is 36.4 Å². The molecule has 0 radical (unpaired) electrons. The fourth-order valence-corrected chi connectivity index (χ4v) is 3.26. The van der Waals surface area contributed by atoms with Crippen LogP contribution in [0.4, 0.5) is 5.69 Å². The predicted octanol–water partition coefficient (Wildman–Crippen LogP) is 3.63. The van der Waals surface area contributed by atoms with Gasteiger partial charge < -0.3 is 9.64 Å².